The Hall–Kier alpha value is -0.0500. The van der Waals surface area contributed by atoms with E-state index >= 15 is 0 Å². The van der Waals surface area contributed by atoms with Gasteiger partial charge in [0.2, 0.25) is 0 Å². The van der Waals surface area contributed by atoms with E-state index in [4.69, 9.17) is 0 Å². The van der Waals surface area contributed by atoms with Crippen LogP contribution in [0.15, 0.2) is 22.7 Å². The van der Waals surface area contributed by atoms with Crippen LogP contribution in [0.25, 0.3) is 10.6 Å². The number of nitrogens with one attached hydrogen (secondary N) is 1. The third-order valence-electron chi connectivity index (χ3n) is 2.29. The molecule has 0 bridgehead atoms. The molecule has 0 unspecified atom stereocenters. The highest BCUT2D eigenvalue weighted by Gasteiger charge is 2.10. The molecule has 18 heavy (non-hydrogen) atoms. The summed E-state index contributed by atoms with van der Waals surface area (Å²) in [5.41, 5.74) is 1.11. The smallest absolute Gasteiger partial charge is 0.149 e. The minimum atomic E-state index is 0.460. The third kappa shape index (κ3) is 3.72. The average Bonchev–Trinajstić information content (AvgIpc) is 2.78. The number of rotatable bonds is 4. The van der Waals surface area contributed by atoms with Gasteiger partial charge in [0.1, 0.15) is 10.0 Å². The summed E-state index contributed by atoms with van der Waals surface area (Å²) in [6.07, 6.45) is 0. The van der Waals surface area contributed by atoms with Gasteiger partial charge in [-0.15, -0.1) is 10.2 Å². The van der Waals surface area contributed by atoms with Gasteiger partial charge in [0.05, 0.1) is 0 Å². The van der Waals surface area contributed by atoms with Gasteiger partial charge in [-0.1, -0.05) is 41.1 Å². The topological polar surface area (TPSA) is 37.8 Å². The summed E-state index contributed by atoms with van der Waals surface area (Å²) < 4.78 is 2.25. The second-order valence-corrected chi connectivity index (χ2v) is 7.32. The normalized spacial score (nSPS) is 11.2. The number of halogens is 2. The predicted octanol–water partition coefficient (Wildman–Crippen LogP) is 4.07. The number of nitrogens with zero attached hydrogens (tertiary/aromatic N) is 2. The zero-order valence-corrected chi connectivity index (χ0v) is 14.6. The second-order valence-electron chi connectivity index (χ2n) is 4.16. The molecular formula is C12H13BrIN3S. The van der Waals surface area contributed by atoms with E-state index in [2.05, 4.69) is 80.0 Å². The molecule has 6 heteroatoms. The Labute approximate surface area is 133 Å². The molecule has 0 aliphatic heterocycles. The van der Waals surface area contributed by atoms with E-state index in [-0.39, 0.29) is 0 Å². The lowest BCUT2D eigenvalue weighted by atomic mass is 10.2. The number of benzene rings is 1. The first-order valence-corrected chi connectivity index (χ1v) is 8.26. The fourth-order valence-electron chi connectivity index (χ4n) is 1.39. The van der Waals surface area contributed by atoms with E-state index in [1.54, 1.807) is 11.3 Å². The Kier molecular flexibility index (Phi) is 5.11. The van der Waals surface area contributed by atoms with Crippen molar-refractivity contribution in [2.45, 2.75) is 26.4 Å². The number of hydrogen-bond donors (Lipinski definition) is 1. The molecule has 1 aromatic heterocycles. The molecule has 2 rings (SSSR count). The summed E-state index contributed by atoms with van der Waals surface area (Å²) >= 11 is 7.50. The molecule has 0 fully saturated rings. The molecule has 2 aromatic rings. The Balaban J connectivity index is 2.21. The maximum absolute atomic E-state index is 4.26. The zero-order chi connectivity index (χ0) is 13.1. The largest absolute Gasteiger partial charge is 0.308 e. The molecular weight excluding hydrogens is 425 g/mol. The maximum Gasteiger partial charge on any atom is 0.149 e. The lowest BCUT2D eigenvalue weighted by molar-refractivity contribution is 0.585. The molecule has 1 N–H and O–H groups in total. The van der Waals surface area contributed by atoms with E-state index in [1.165, 1.54) is 3.57 Å². The minimum absolute atomic E-state index is 0.460. The Morgan fingerprint density at radius 3 is 2.89 bits per heavy atom. The van der Waals surface area contributed by atoms with E-state index in [9.17, 15) is 0 Å². The molecule has 96 valence electrons. The fraction of sp³-hybridized carbons (Fsp3) is 0.333. The zero-order valence-electron chi connectivity index (χ0n) is 10.1. The second kappa shape index (κ2) is 6.40. The van der Waals surface area contributed by atoms with Crippen molar-refractivity contribution in [3.8, 4) is 10.6 Å². The third-order valence-corrected chi connectivity index (χ3v) is 4.61. The van der Waals surface area contributed by atoms with Crippen LogP contribution in [0.2, 0.25) is 0 Å². The van der Waals surface area contributed by atoms with Crippen molar-refractivity contribution in [1.29, 1.82) is 0 Å². The SMILES string of the molecule is CC(C)NCc1nnc(-c2cc(I)ccc2Br)s1. The van der Waals surface area contributed by atoms with Crippen molar-refractivity contribution in [3.63, 3.8) is 0 Å². The monoisotopic (exact) mass is 437 g/mol. The van der Waals surface area contributed by atoms with Gasteiger partial charge in [0, 0.05) is 26.2 Å². The molecule has 1 heterocycles. The number of hydrogen-bond acceptors (Lipinski definition) is 4. The van der Waals surface area contributed by atoms with Crippen LogP contribution in [-0.4, -0.2) is 16.2 Å². The fourth-order valence-corrected chi connectivity index (χ4v) is 3.26. The van der Waals surface area contributed by atoms with Crippen molar-refractivity contribution in [2.75, 3.05) is 0 Å². The standard InChI is InChI=1S/C12H13BrIN3S/c1-7(2)15-6-11-16-17-12(18-11)9-5-8(14)3-4-10(9)13/h3-5,7,15H,6H2,1-2H3. The van der Waals surface area contributed by atoms with Crippen molar-refractivity contribution in [2.24, 2.45) is 0 Å². The van der Waals surface area contributed by atoms with Crippen LogP contribution in [0.1, 0.15) is 18.9 Å². The van der Waals surface area contributed by atoms with Gasteiger partial charge in [0.25, 0.3) is 0 Å². The van der Waals surface area contributed by atoms with Gasteiger partial charge >= 0.3 is 0 Å². The molecule has 0 radical (unpaired) electrons. The van der Waals surface area contributed by atoms with Crippen LogP contribution in [0.4, 0.5) is 0 Å². The van der Waals surface area contributed by atoms with Crippen molar-refractivity contribution < 1.29 is 0 Å². The first-order chi connectivity index (χ1) is 8.56. The van der Waals surface area contributed by atoms with Gasteiger partial charge < -0.3 is 5.32 Å². The van der Waals surface area contributed by atoms with E-state index in [0.717, 1.165) is 26.6 Å². The molecule has 0 aliphatic rings. The first-order valence-electron chi connectivity index (χ1n) is 5.57. The van der Waals surface area contributed by atoms with E-state index in [0.29, 0.717) is 6.04 Å². The van der Waals surface area contributed by atoms with Crippen LogP contribution in [-0.2, 0) is 6.54 Å². The average molecular weight is 438 g/mol. The highest BCUT2D eigenvalue weighted by molar-refractivity contribution is 14.1. The molecule has 0 aliphatic carbocycles. The van der Waals surface area contributed by atoms with Gasteiger partial charge in [-0.05, 0) is 40.8 Å². The maximum atomic E-state index is 4.26. The molecule has 1 aromatic carbocycles. The van der Waals surface area contributed by atoms with Gasteiger partial charge in [0.15, 0.2) is 0 Å². The van der Waals surface area contributed by atoms with Gasteiger partial charge in [-0.3, -0.25) is 0 Å². The van der Waals surface area contributed by atoms with Crippen molar-refractivity contribution in [1.82, 2.24) is 15.5 Å². The van der Waals surface area contributed by atoms with E-state index < -0.39 is 0 Å². The Morgan fingerprint density at radius 2 is 2.17 bits per heavy atom. The molecule has 0 atom stereocenters. The molecule has 0 spiro atoms. The van der Waals surface area contributed by atoms with Crippen LogP contribution in [0, 0.1) is 3.57 Å². The number of aromatic nitrogens is 2. The predicted molar refractivity (Wildman–Crippen MR) is 87.7 cm³/mol. The summed E-state index contributed by atoms with van der Waals surface area (Å²) in [7, 11) is 0. The summed E-state index contributed by atoms with van der Waals surface area (Å²) in [5.74, 6) is 0. The van der Waals surface area contributed by atoms with Gasteiger partial charge in [-0.2, -0.15) is 0 Å². The van der Waals surface area contributed by atoms with Crippen molar-refractivity contribution >= 4 is 49.9 Å². The lowest BCUT2D eigenvalue weighted by Gasteiger charge is -2.03. The van der Waals surface area contributed by atoms with Crippen LogP contribution in [0.3, 0.4) is 0 Å². The molecule has 3 nitrogen and oxygen atoms in total. The summed E-state index contributed by atoms with van der Waals surface area (Å²) in [4.78, 5) is 0. The van der Waals surface area contributed by atoms with Crippen molar-refractivity contribution in [3.05, 3.63) is 31.2 Å². The van der Waals surface area contributed by atoms with E-state index in [1.807, 2.05) is 6.07 Å². The molecule has 0 saturated heterocycles. The van der Waals surface area contributed by atoms with Crippen LogP contribution < -0.4 is 5.32 Å². The summed E-state index contributed by atoms with van der Waals surface area (Å²) in [6, 6.07) is 6.69. The summed E-state index contributed by atoms with van der Waals surface area (Å²) in [5, 5.41) is 13.8. The Bertz CT molecular complexity index is 542. The summed E-state index contributed by atoms with van der Waals surface area (Å²) in [6.45, 7) is 5.02. The first kappa shape index (κ1) is 14.4. The van der Waals surface area contributed by atoms with Crippen LogP contribution in [0.5, 0.6) is 0 Å². The lowest BCUT2D eigenvalue weighted by Crippen LogP contribution is -2.21. The quantitative estimate of drug-likeness (QED) is 0.732. The Morgan fingerprint density at radius 1 is 1.39 bits per heavy atom. The highest BCUT2D eigenvalue weighted by atomic mass is 127. The molecule has 0 amide bonds. The minimum Gasteiger partial charge on any atom is -0.308 e. The van der Waals surface area contributed by atoms with Crippen LogP contribution >= 0.6 is 49.9 Å². The molecule has 0 saturated carbocycles. The van der Waals surface area contributed by atoms with Gasteiger partial charge in [-0.25, -0.2) is 0 Å². The highest BCUT2D eigenvalue weighted by Crippen LogP contribution is 2.31.